The van der Waals surface area contributed by atoms with Gasteiger partial charge < -0.3 is 15.1 Å². The van der Waals surface area contributed by atoms with E-state index in [9.17, 15) is 10.1 Å². The number of halogens is 1. The summed E-state index contributed by atoms with van der Waals surface area (Å²) in [6.45, 7) is 0.222. The Morgan fingerprint density at radius 2 is 2.00 bits per heavy atom. The maximum Gasteiger partial charge on any atom is 0.289 e. The molecule has 94 valence electrons. The third-order valence-electron chi connectivity index (χ3n) is 2.06. The molecule has 0 atom stereocenters. The number of aromatic nitrogens is 1. The van der Waals surface area contributed by atoms with Crippen LogP contribution in [0.1, 0.15) is 0 Å². The molecule has 0 aromatic carbocycles. The zero-order valence-corrected chi connectivity index (χ0v) is 9.67. The molecule has 1 rings (SSSR count). The maximum absolute atomic E-state index is 10.5. The topological polar surface area (TPSA) is 99.7 Å². The number of hydrogen-bond donors (Lipinski definition) is 2. The summed E-state index contributed by atoms with van der Waals surface area (Å²) in [6, 6.07) is 1.19. The van der Waals surface area contributed by atoms with Crippen molar-refractivity contribution in [1.82, 2.24) is 4.98 Å². The van der Waals surface area contributed by atoms with Gasteiger partial charge in [-0.3, -0.25) is 10.1 Å². The van der Waals surface area contributed by atoms with Crippen LogP contribution >= 0.6 is 11.6 Å². The highest BCUT2D eigenvalue weighted by Gasteiger charge is 2.15. The number of aliphatic hydroxyl groups is 2. The summed E-state index contributed by atoms with van der Waals surface area (Å²) >= 11 is 5.87. The van der Waals surface area contributed by atoms with Gasteiger partial charge in [0, 0.05) is 19.2 Å². The van der Waals surface area contributed by atoms with Gasteiger partial charge in [0.25, 0.3) is 5.69 Å². The molecule has 0 aliphatic heterocycles. The molecular formula is C9H12ClN3O4. The lowest BCUT2D eigenvalue weighted by atomic mass is 10.3. The van der Waals surface area contributed by atoms with E-state index in [0.29, 0.717) is 5.82 Å². The second-order valence-corrected chi connectivity index (χ2v) is 3.60. The highest BCUT2D eigenvalue weighted by molar-refractivity contribution is 6.33. The molecule has 0 saturated heterocycles. The van der Waals surface area contributed by atoms with Crippen LogP contribution in [0.15, 0.2) is 12.3 Å². The monoisotopic (exact) mass is 261 g/mol. The van der Waals surface area contributed by atoms with Crippen LogP contribution in [0, 0.1) is 10.1 Å². The first kappa shape index (κ1) is 13.6. The number of aliphatic hydroxyl groups excluding tert-OH is 2. The van der Waals surface area contributed by atoms with Crippen molar-refractivity contribution in [3.63, 3.8) is 0 Å². The molecular weight excluding hydrogens is 250 g/mol. The highest BCUT2D eigenvalue weighted by Crippen LogP contribution is 2.26. The SMILES string of the molecule is O=[N+]([O-])c1cnc(N(CCO)CCO)c(Cl)c1. The van der Waals surface area contributed by atoms with Gasteiger partial charge in [-0.2, -0.15) is 0 Å². The predicted octanol–water partition coefficient (Wildman–Crippen LogP) is 0.434. The summed E-state index contributed by atoms with van der Waals surface area (Å²) in [5.74, 6) is 0.306. The van der Waals surface area contributed by atoms with Crippen LogP contribution in [0.5, 0.6) is 0 Å². The Morgan fingerprint density at radius 3 is 2.41 bits per heavy atom. The van der Waals surface area contributed by atoms with E-state index in [1.54, 1.807) is 4.90 Å². The van der Waals surface area contributed by atoms with E-state index < -0.39 is 4.92 Å². The summed E-state index contributed by atoms with van der Waals surface area (Å²) < 4.78 is 0. The molecule has 0 bridgehead atoms. The first-order valence-corrected chi connectivity index (χ1v) is 5.24. The molecule has 0 saturated carbocycles. The van der Waals surface area contributed by atoms with Gasteiger partial charge in [-0.05, 0) is 0 Å². The van der Waals surface area contributed by atoms with Crippen molar-refractivity contribution in [3.8, 4) is 0 Å². The van der Waals surface area contributed by atoms with E-state index in [2.05, 4.69) is 4.98 Å². The lowest BCUT2D eigenvalue weighted by molar-refractivity contribution is -0.385. The standard InChI is InChI=1S/C9H12ClN3O4/c10-8-5-7(13(16)17)6-11-9(8)12(1-3-14)2-4-15/h5-6,14-15H,1-4H2. The van der Waals surface area contributed by atoms with Crippen molar-refractivity contribution in [2.75, 3.05) is 31.2 Å². The average Bonchev–Trinajstić information content (AvgIpc) is 2.28. The lowest BCUT2D eigenvalue weighted by Gasteiger charge is -2.22. The fraction of sp³-hybridized carbons (Fsp3) is 0.444. The number of nitro groups is 1. The number of nitrogens with zero attached hydrogens (tertiary/aromatic N) is 3. The average molecular weight is 262 g/mol. The minimum Gasteiger partial charge on any atom is -0.395 e. The van der Waals surface area contributed by atoms with E-state index in [1.807, 2.05) is 0 Å². The normalized spacial score (nSPS) is 10.3. The molecule has 0 aliphatic carbocycles. The zero-order valence-electron chi connectivity index (χ0n) is 8.91. The molecule has 17 heavy (non-hydrogen) atoms. The summed E-state index contributed by atoms with van der Waals surface area (Å²) in [4.78, 5) is 15.3. The Bertz CT molecular complexity index is 396. The third-order valence-corrected chi connectivity index (χ3v) is 2.34. The van der Waals surface area contributed by atoms with Crippen molar-refractivity contribution >= 4 is 23.1 Å². The highest BCUT2D eigenvalue weighted by atomic mass is 35.5. The number of anilines is 1. The second-order valence-electron chi connectivity index (χ2n) is 3.19. The van der Waals surface area contributed by atoms with Crippen LogP contribution in [0.4, 0.5) is 11.5 Å². The molecule has 0 spiro atoms. The minimum atomic E-state index is -0.592. The van der Waals surface area contributed by atoms with Crippen molar-refractivity contribution in [3.05, 3.63) is 27.4 Å². The molecule has 1 aromatic heterocycles. The Labute approximate surface area is 102 Å². The van der Waals surface area contributed by atoms with E-state index in [1.165, 1.54) is 6.07 Å². The third kappa shape index (κ3) is 3.52. The van der Waals surface area contributed by atoms with E-state index >= 15 is 0 Å². The quantitative estimate of drug-likeness (QED) is 0.569. The van der Waals surface area contributed by atoms with Crippen molar-refractivity contribution < 1.29 is 15.1 Å². The molecule has 0 radical (unpaired) electrons. The fourth-order valence-electron chi connectivity index (χ4n) is 1.32. The van der Waals surface area contributed by atoms with Crippen molar-refractivity contribution in [2.45, 2.75) is 0 Å². The zero-order chi connectivity index (χ0) is 12.8. The van der Waals surface area contributed by atoms with Gasteiger partial charge in [-0.25, -0.2) is 4.98 Å². The Morgan fingerprint density at radius 1 is 1.41 bits per heavy atom. The first-order chi connectivity index (χ1) is 8.10. The van der Waals surface area contributed by atoms with Crippen LogP contribution in [0.2, 0.25) is 5.02 Å². The van der Waals surface area contributed by atoms with Gasteiger partial charge in [0.05, 0.1) is 23.2 Å². The van der Waals surface area contributed by atoms with Crippen LogP contribution < -0.4 is 4.90 Å². The first-order valence-electron chi connectivity index (χ1n) is 4.86. The van der Waals surface area contributed by atoms with Gasteiger partial charge in [-0.15, -0.1) is 0 Å². The molecule has 0 aliphatic rings. The Balaban J connectivity index is 2.99. The maximum atomic E-state index is 10.5. The van der Waals surface area contributed by atoms with Crippen molar-refractivity contribution in [2.24, 2.45) is 0 Å². The molecule has 0 unspecified atom stereocenters. The second kappa shape index (κ2) is 6.33. The number of hydrogen-bond acceptors (Lipinski definition) is 6. The van der Waals surface area contributed by atoms with Gasteiger partial charge in [0.1, 0.15) is 12.0 Å². The van der Waals surface area contributed by atoms with Crippen molar-refractivity contribution in [1.29, 1.82) is 0 Å². The summed E-state index contributed by atoms with van der Waals surface area (Å²) in [7, 11) is 0. The van der Waals surface area contributed by atoms with Crippen LogP contribution in [0.25, 0.3) is 0 Å². The number of pyridine rings is 1. The molecule has 2 N–H and O–H groups in total. The molecule has 0 fully saturated rings. The van der Waals surface area contributed by atoms with E-state index in [4.69, 9.17) is 21.8 Å². The van der Waals surface area contributed by atoms with Gasteiger partial charge >= 0.3 is 0 Å². The minimum absolute atomic E-state index is 0.112. The smallest absolute Gasteiger partial charge is 0.289 e. The Hall–Kier alpha value is -1.44. The molecule has 1 aromatic rings. The molecule has 7 nitrogen and oxygen atoms in total. The largest absolute Gasteiger partial charge is 0.395 e. The van der Waals surface area contributed by atoms with Crippen LogP contribution in [0.3, 0.4) is 0 Å². The van der Waals surface area contributed by atoms with E-state index in [0.717, 1.165) is 6.20 Å². The predicted molar refractivity (Wildman–Crippen MR) is 62.3 cm³/mol. The summed E-state index contributed by atoms with van der Waals surface area (Å²) in [5.41, 5.74) is -0.202. The van der Waals surface area contributed by atoms with Gasteiger partial charge in [-0.1, -0.05) is 11.6 Å². The van der Waals surface area contributed by atoms with Crippen LogP contribution in [-0.2, 0) is 0 Å². The number of rotatable bonds is 6. The molecule has 8 heteroatoms. The summed E-state index contributed by atoms with van der Waals surface area (Å²) in [5, 5.41) is 28.3. The lowest BCUT2D eigenvalue weighted by Crippen LogP contribution is -2.30. The van der Waals surface area contributed by atoms with Gasteiger partial charge in [0.15, 0.2) is 0 Å². The summed E-state index contributed by atoms with van der Waals surface area (Å²) in [6.07, 6.45) is 1.09. The van der Waals surface area contributed by atoms with E-state index in [-0.39, 0.29) is 37.0 Å². The fourth-order valence-corrected chi connectivity index (χ4v) is 1.60. The van der Waals surface area contributed by atoms with Crippen LogP contribution in [-0.4, -0.2) is 46.4 Å². The molecule has 1 heterocycles. The molecule has 0 amide bonds. The Kier molecular flexibility index (Phi) is 5.08. The van der Waals surface area contributed by atoms with Gasteiger partial charge in [0.2, 0.25) is 0 Å².